The van der Waals surface area contributed by atoms with E-state index < -0.39 is 11.7 Å². The average molecular weight is 301 g/mol. The Morgan fingerprint density at radius 1 is 1.10 bits per heavy atom. The lowest BCUT2D eigenvalue weighted by atomic mass is 10.1. The van der Waals surface area contributed by atoms with Crippen molar-refractivity contribution in [3.8, 4) is 0 Å². The summed E-state index contributed by atoms with van der Waals surface area (Å²) < 4.78 is 37.8. The van der Waals surface area contributed by atoms with Crippen molar-refractivity contribution in [2.75, 3.05) is 11.9 Å². The quantitative estimate of drug-likeness (QED) is 0.905. The fourth-order valence-corrected chi connectivity index (χ4v) is 1.91. The Labute approximate surface area is 119 Å². The van der Waals surface area contributed by atoms with Crippen LogP contribution < -0.4 is 5.32 Å². The molecule has 0 aliphatic heterocycles. The minimum absolute atomic E-state index is 0.271. The summed E-state index contributed by atoms with van der Waals surface area (Å²) in [6.07, 6.45) is -0.347. The van der Waals surface area contributed by atoms with Crippen molar-refractivity contribution < 1.29 is 13.2 Å². The van der Waals surface area contributed by atoms with Gasteiger partial charge in [0, 0.05) is 18.9 Å². The molecule has 0 atom stereocenters. The first-order valence-corrected chi connectivity index (χ1v) is 6.34. The van der Waals surface area contributed by atoms with Crippen molar-refractivity contribution in [3.05, 3.63) is 58.9 Å². The zero-order valence-electron chi connectivity index (χ0n) is 10.4. The molecule has 20 heavy (non-hydrogen) atoms. The summed E-state index contributed by atoms with van der Waals surface area (Å²) in [6, 6.07) is 6.95. The molecule has 106 valence electrons. The largest absolute Gasteiger partial charge is 0.416 e. The van der Waals surface area contributed by atoms with Gasteiger partial charge in [0.25, 0.3) is 0 Å². The number of hydrogen-bond acceptors (Lipinski definition) is 2. The van der Waals surface area contributed by atoms with Crippen LogP contribution in [0.1, 0.15) is 11.1 Å². The first-order valence-electron chi connectivity index (χ1n) is 5.96. The Kier molecular flexibility index (Phi) is 4.49. The van der Waals surface area contributed by atoms with E-state index in [1.807, 2.05) is 12.1 Å². The molecular formula is C14H12ClF3N2. The molecule has 0 radical (unpaired) electrons. The van der Waals surface area contributed by atoms with Crippen LogP contribution >= 0.6 is 11.6 Å². The third kappa shape index (κ3) is 3.87. The Balaban J connectivity index is 2.02. The zero-order valence-corrected chi connectivity index (χ0v) is 11.2. The number of nitrogens with zero attached hydrogens (tertiary/aromatic N) is 1. The van der Waals surface area contributed by atoms with Gasteiger partial charge in [-0.25, -0.2) is 0 Å². The van der Waals surface area contributed by atoms with Gasteiger partial charge in [-0.15, -0.1) is 0 Å². The van der Waals surface area contributed by atoms with E-state index in [0.29, 0.717) is 13.0 Å². The van der Waals surface area contributed by atoms with Crippen LogP contribution in [0.2, 0.25) is 5.02 Å². The van der Waals surface area contributed by atoms with Crippen LogP contribution in [0.4, 0.5) is 18.9 Å². The van der Waals surface area contributed by atoms with Crippen molar-refractivity contribution in [2.45, 2.75) is 12.6 Å². The molecule has 1 aromatic heterocycles. The maximum Gasteiger partial charge on any atom is 0.416 e. The number of hydrogen-bond donors (Lipinski definition) is 1. The second-order valence-electron chi connectivity index (χ2n) is 4.22. The van der Waals surface area contributed by atoms with E-state index in [2.05, 4.69) is 10.3 Å². The normalized spacial score (nSPS) is 11.4. The number of benzene rings is 1. The monoisotopic (exact) mass is 300 g/mol. The van der Waals surface area contributed by atoms with Crippen LogP contribution in [0.25, 0.3) is 0 Å². The summed E-state index contributed by atoms with van der Waals surface area (Å²) in [6.45, 7) is 0.491. The van der Waals surface area contributed by atoms with E-state index in [-0.39, 0.29) is 10.7 Å². The first-order chi connectivity index (χ1) is 9.47. The summed E-state index contributed by atoms with van der Waals surface area (Å²) in [5.41, 5.74) is 0.624. The highest BCUT2D eigenvalue weighted by molar-refractivity contribution is 6.33. The minimum Gasteiger partial charge on any atom is -0.383 e. The molecule has 0 fully saturated rings. The lowest BCUT2D eigenvalue weighted by Gasteiger charge is -2.12. The van der Waals surface area contributed by atoms with Gasteiger partial charge in [0.05, 0.1) is 16.3 Å². The predicted octanol–water partition coefficient (Wildman–Crippen LogP) is 4.41. The number of pyridine rings is 1. The molecule has 6 heteroatoms. The summed E-state index contributed by atoms with van der Waals surface area (Å²) in [4.78, 5) is 3.90. The van der Waals surface area contributed by atoms with Crippen molar-refractivity contribution in [3.63, 3.8) is 0 Å². The first kappa shape index (κ1) is 14.7. The molecule has 0 saturated heterocycles. The highest BCUT2D eigenvalue weighted by Crippen LogP contribution is 2.33. The smallest absolute Gasteiger partial charge is 0.383 e. The highest BCUT2D eigenvalue weighted by atomic mass is 35.5. The standard InChI is InChI=1S/C14H12ClF3N2/c15-12-2-1-11(14(16,17)18)9-13(12)20-8-5-10-3-6-19-7-4-10/h1-4,6-7,9,20H,5,8H2. The SMILES string of the molecule is FC(F)(F)c1ccc(Cl)c(NCCc2ccncc2)c1. The number of halogens is 4. The van der Waals surface area contributed by atoms with E-state index in [1.165, 1.54) is 6.07 Å². The van der Waals surface area contributed by atoms with Gasteiger partial charge >= 0.3 is 6.18 Å². The minimum atomic E-state index is -4.37. The molecule has 2 nitrogen and oxygen atoms in total. The molecule has 0 aliphatic rings. The molecule has 0 aliphatic carbocycles. The lowest BCUT2D eigenvalue weighted by molar-refractivity contribution is -0.137. The van der Waals surface area contributed by atoms with Gasteiger partial charge in [-0.2, -0.15) is 13.2 Å². The third-order valence-electron chi connectivity index (χ3n) is 2.77. The van der Waals surface area contributed by atoms with E-state index in [4.69, 9.17) is 11.6 Å². The van der Waals surface area contributed by atoms with Crippen LogP contribution in [-0.2, 0) is 12.6 Å². The van der Waals surface area contributed by atoms with Gasteiger partial charge in [-0.05, 0) is 42.3 Å². The van der Waals surface area contributed by atoms with Gasteiger partial charge in [-0.1, -0.05) is 11.6 Å². The average Bonchev–Trinajstić information content (AvgIpc) is 2.41. The van der Waals surface area contributed by atoms with Gasteiger partial charge in [0.15, 0.2) is 0 Å². The molecule has 0 unspecified atom stereocenters. The highest BCUT2D eigenvalue weighted by Gasteiger charge is 2.30. The number of anilines is 1. The number of rotatable bonds is 4. The molecule has 1 aromatic carbocycles. The summed E-state index contributed by atoms with van der Waals surface area (Å²) in [5, 5.41) is 3.19. The van der Waals surface area contributed by atoms with Gasteiger partial charge in [0.2, 0.25) is 0 Å². The Morgan fingerprint density at radius 2 is 1.80 bits per heavy atom. The van der Waals surface area contributed by atoms with Crippen molar-refractivity contribution in [1.82, 2.24) is 4.98 Å². The number of aromatic nitrogens is 1. The van der Waals surface area contributed by atoms with Crippen LogP contribution in [0, 0.1) is 0 Å². The molecule has 2 aromatic rings. The summed E-state index contributed by atoms with van der Waals surface area (Å²) in [5.74, 6) is 0. The molecule has 1 N–H and O–H groups in total. The second kappa shape index (κ2) is 6.13. The second-order valence-corrected chi connectivity index (χ2v) is 4.63. The lowest BCUT2D eigenvalue weighted by Crippen LogP contribution is -2.09. The fourth-order valence-electron chi connectivity index (χ4n) is 1.73. The van der Waals surface area contributed by atoms with Crippen molar-refractivity contribution >= 4 is 17.3 Å². The molecule has 0 amide bonds. The van der Waals surface area contributed by atoms with Crippen molar-refractivity contribution in [1.29, 1.82) is 0 Å². The maximum atomic E-state index is 12.6. The fraction of sp³-hybridized carbons (Fsp3) is 0.214. The topological polar surface area (TPSA) is 24.9 Å². The van der Waals surface area contributed by atoms with E-state index in [0.717, 1.165) is 17.7 Å². The number of nitrogens with one attached hydrogen (secondary N) is 1. The summed E-state index contributed by atoms with van der Waals surface area (Å²) in [7, 11) is 0. The Hall–Kier alpha value is -1.75. The predicted molar refractivity (Wildman–Crippen MR) is 72.9 cm³/mol. The van der Waals surface area contributed by atoms with E-state index in [9.17, 15) is 13.2 Å². The third-order valence-corrected chi connectivity index (χ3v) is 3.10. The Bertz CT molecular complexity index is 570. The van der Waals surface area contributed by atoms with Gasteiger partial charge in [0.1, 0.15) is 0 Å². The molecular weight excluding hydrogens is 289 g/mol. The van der Waals surface area contributed by atoms with Crippen LogP contribution in [-0.4, -0.2) is 11.5 Å². The molecule has 0 bridgehead atoms. The summed E-state index contributed by atoms with van der Waals surface area (Å²) >= 11 is 5.89. The molecule has 0 spiro atoms. The molecule has 0 saturated carbocycles. The van der Waals surface area contributed by atoms with Crippen LogP contribution in [0.3, 0.4) is 0 Å². The van der Waals surface area contributed by atoms with Crippen molar-refractivity contribution in [2.24, 2.45) is 0 Å². The number of alkyl halides is 3. The van der Waals surface area contributed by atoms with Crippen LogP contribution in [0.5, 0.6) is 0 Å². The molecule has 1 heterocycles. The van der Waals surface area contributed by atoms with E-state index >= 15 is 0 Å². The van der Waals surface area contributed by atoms with E-state index in [1.54, 1.807) is 12.4 Å². The zero-order chi connectivity index (χ0) is 14.6. The Morgan fingerprint density at radius 3 is 2.45 bits per heavy atom. The van der Waals surface area contributed by atoms with Gasteiger partial charge < -0.3 is 5.32 Å². The molecule has 2 rings (SSSR count). The maximum absolute atomic E-state index is 12.6. The van der Waals surface area contributed by atoms with Gasteiger partial charge in [-0.3, -0.25) is 4.98 Å². The van der Waals surface area contributed by atoms with Crippen LogP contribution in [0.15, 0.2) is 42.7 Å².